The van der Waals surface area contributed by atoms with Gasteiger partial charge in [-0.15, -0.1) is 0 Å². The van der Waals surface area contributed by atoms with Gasteiger partial charge >= 0.3 is 0 Å². The highest BCUT2D eigenvalue weighted by atomic mass is 32.2. The van der Waals surface area contributed by atoms with Gasteiger partial charge < -0.3 is 10.1 Å². The number of hydrogen-bond acceptors (Lipinski definition) is 4. The normalized spacial score (nSPS) is 17.2. The van der Waals surface area contributed by atoms with Crippen molar-refractivity contribution < 1.29 is 17.9 Å². The van der Waals surface area contributed by atoms with E-state index < -0.39 is 16.1 Å². The Labute approximate surface area is 144 Å². The van der Waals surface area contributed by atoms with E-state index in [9.17, 15) is 13.2 Å². The molecule has 0 heterocycles. The maximum atomic E-state index is 12.4. The monoisotopic (exact) mass is 354 g/mol. The summed E-state index contributed by atoms with van der Waals surface area (Å²) < 4.78 is 32.5. The molecule has 0 aliphatic heterocycles. The molecule has 1 atom stereocenters. The van der Waals surface area contributed by atoms with Crippen molar-refractivity contribution in [3.63, 3.8) is 0 Å². The molecule has 2 rings (SSSR count). The van der Waals surface area contributed by atoms with Crippen LogP contribution in [0.15, 0.2) is 29.2 Å². The molecule has 1 amide bonds. The van der Waals surface area contributed by atoms with Gasteiger partial charge in [-0.1, -0.05) is 19.3 Å². The van der Waals surface area contributed by atoms with Gasteiger partial charge in [-0.2, -0.15) is 4.72 Å². The molecule has 24 heavy (non-hydrogen) atoms. The van der Waals surface area contributed by atoms with E-state index in [0.717, 1.165) is 25.7 Å². The summed E-state index contributed by atoms with van der Waals surface area (Å²) in [6.07, 6.45) is 5.34. The molecular formula is C17H26N2O4S. The molecule has 0 bridgehead atoms. The molecule has 6 nitrogen and oxygen atoms in total. The summed E-state index contributed by atoms with van der Waals surface area (Å²) in [6, 6.07) is 5.49. The zero-order valence-corrected chi connectivity index (χ0v) is 15.1. The van der Waals surface area contributed by atoms with Crippen molar-refractivity contribution in [2.24, 2.45) is 0 Å². The first-order chi connectivity index (χ1) is 11.4. The number of carbonyl (C=O) groups is 1. The number of nitrogens with one attached hydrogen (secondary N) is 2. The van der Waals surface area contributed by atoms with Crippen LogP contribution >= 0.6 is 0 Å². The van der Waals surface area contributed by atoms with Gasteiger partial charge in [0.2, 0.25) is 15.9 Å². The summed E-state index contributed by atoms with van der Waals surface area (Å²) in [5.41, 5.74) is 0. The maximum Gasteiger partial charge on any atom is 0.241 e. The van der Waals surface area contributed by atoms with Crippen molar-refractivity contribution in [3.05, 3.63) is 24.3 Å². The second-order valence-corrected chi connectivity index (χ2v) is 7.80. The number of benzene rings is 1. The van der Waals surface area contributed by atoms with Crippen LogP contribution < -0.4 is 14.8 Å². The van der Waals surface area contributed by atoms with Crippen LogP contribution in [0.25, 0.3) is 0 Å². The Morgan fingerprint density at radius 1 is 1.21 bits per heavy atom. The lowest BCUT2D eigenvalue weighted by atomic mass is 9.95. The van der Waals surface area contributed by atoms with Crippen LogP contribution in [-0.2, 0) is 14.8 Å². The molecule has 0 radical (unpaired) electrons. The lowest BCUT2D eigenvalue weighted by Gasteiger charge is -2.24. The van der Waals surface area contributed by atoms with E-state index in [0.29, 0.717) is 12.4 Å². The predicted molar refractivity (Wildman–Crippen MR) is 92.4 cm³/mol. The third kappa shape index (κ3) is 5.21. The number of rotatable bonds is 7. The highest BCUT2D eigenvalue weighted by Gasteiger charge is 2.24. The minimum atomic E-state index is -3.74. The summed E-state index contributed by atoms with van der Waals surface area (Å²) in [5.74, 6) is 0.330. The Hall–Kier alpha value is -1.60. The van der Waals surface area contributed by atoms with E-state index >= 15 is 0 Å². The van der Waals surface area contributed by atoms with Crippen molar-refractivity contribution in [2.75, 3.05) is 6.61 Å². The highest BCUT2D eigenvalue weighted by molar-refractivity contribution is 7.89. The Balaban J connectivity index is 1.95. The number of hydrogen-bond donors (Lipinski definition) is 2. The van der Waals surface area contributed by atoms with Crippen LogP contribution in [0.4, 0.5) is 0 Å². The Bertz CT molecular complexity index is 637. The molecule has 2 N–H and O–H groups in total. The Kier molecular flexibility index (Phi) is 6.62. The predicted octanol–water partition coefficient (Wildman–Crippen LogP) is 2.20. The summed E-state index contributed by atoms with van der Waals surface area (Å²) in [6.45, 7) is 3.94. The van der Waals surface area contributed by atoms with E-state index in [4.69, 9.17) is 4.74 Å². The van der Waals surface area contributed by atoms with E-state index in [2.05, 4.69) is 10.0 Å². The Morgan fingerprint density at radius 3 is 2.42 bits per heavy atom. The van der Waals surface area contributed by atoms with Crippen LogP contribution in [0.3, 0.4) is 0 Å². The molecule has 1 aromatic carbocycles. The fourth-order valence-corrected chi connectivity index (χ4v) is 4.01. The van der Waals surface area contributed by atoms with Gasteiger partial charge in [-0.3, -0.25) is 4.79 Å². The summed E-state index contributed by atoms with van der Waals surface area (Å²) in [4.78, 5) is 12.3. The van der Waals surface area contributed by atoms with Crippen molar-refractivity contribution >= 4 is 15.9 Å². The zero-order valence-electron chi connectivity index (χ0n) is 14.2. The molecule has 1 fully saturated rings. The van der Waals surface area contributed by atoms with Gasteiger partial charge in [0.15, 0.2) is 0 Å². The standard InChI is InChI=1S/C17H26N2O4S/c1-3-23-15-9-11-16(12-10-15)24(21,22)19-13(2)17(20)18-14-7-5-4-6-8-14/h9-14,19H,3-8H2,1-2H3,(H,18,20)/t13-/m1/s1. The summed E-state index contributed by atoms with van der Waals surface area (Å²) in [7, 11) is -3.74. The first-order valence-corrected chi connectivity index (χ1v) is 9.96. The molecule has 1 aliphatic rings. The van der Waals surface area contributed by atoms with E-state index in [1.54, 1.807) is 19.1 Å². The molecule has 7 heteroatoms. The average molecular weight is 354 g/mol. The van der Waals surface area contributed by atoms with Crippen molar-refractivity contribution in [1.29, 1.82) is 0 Å². The molecule has 1 saturated carbocycles. The topological polar surface area (TPSA) is 84.5 Å². The zero-order chi connectivity index (χ0) is 17.6. The average Bonchev–Trinajstić information content (AvgIpc) is 2.56. The highest BCUT2D eigenvalue weighted by Crippen LogP contribution is 2.18. The second kappa shape index (κ2) is 8.48. The first-order valence-electron chi connectivity index (χ1n) is 8.48. The third-order valence-corrected chi connectivity index (χ3v) is 5.68. The molecule has 0 spiro atoms. The van der Waals surface area contributed by atoms with Gasteiger partial charge in [-0.05, 0) is 51.0 Å². The fourth-order valence-electron chi connectivity index (χ4n) is 2.81. The van der Waals surface area contributed by atoms with Gasteiger partial charge in [0.1, 0.15) is 5.75 Å². The minimum Gasteiger partial charge on any atom is -0.494 e. The van der Waals surface area contributed by atoms with Gasteiger partial charge in [0.05, 0.1) is 17.5 Å². The van der Waals surface area contributed by atoms with Crippen LogP contribution in [0.2, 0.25) is 0 Å². The first kappa shape index (κ1) is 18.7. The summed E-state index contributed by atoms with van der Waals surface area (Å²) >= 11 is 0. The van der Waals surface area contributed by atoms with E-state index in [-0.39, 0.29) is 16.8 Å². The minimum absolute atomic E-state index is 0.114. The molecular weight excluding hydrogens is 328 g/mol. The molecule has 0 unspecified atom stereocenters. The Morgan fingerprint density at radius 2 is 1.83 bits per heavy atom. The van der Waals surface area contributed by atoms with Crippen molar-refractivity contribution in [2.45, 2.75) is 62.9 Å². The lowest BCUT2D eigenvalue weighted by molar-refractivity contribution is -0.123. The molecule has 0 aromatic heterocycles. The fraction of sp³-hybridized carbons (Fsp3) is 0.588. The number of sulfonamides is 1. The quantitative estimate of drug-likeness (QED) is 0.786. The van der Waals surface area contributed by atoms with Crippen LogP contribution in [0, 0.1) is 0 Å². The maximum absolute atomic E-state index is 12.4. The smallest absolute Gasteiger partial charge is 0.241 e. The SMILES string of the molecule is CCOc1ccc(S(=O)(=O)N[C@H](C)C(=O)NC2CCCCC2)cc1. The number of ether oxygens (including phenoxy) is 1. The van der Waals surface area contributed by atoms with E-state index in [1.807, 2.05) is 6.92 Å². The number of amides is 1. The molecule has 134 valence electrons. The van der Waals surface area contributed by atoms with Gasteiger partial charge in [0.25, 0.3) is 0 Å². The van der Waals surface area contributed by atoms with Crippen LogP contribution in [0.1, 0.15) is 46.0 Å². The lowest BCUT2D eigenvalue weighted by Crippen LogP contribution is -2.48. The van der Waals surface area contributed by atoms with E-state index in [1.165, 1.54) is 18.6 Å². The van der Waals surface area contributed by atoms with Gasteiger partial charge in [-0.25, -0.2) is 8.42 Å². The number of carbonyl (C=O) groups excluding carboxylic acids is 1. The molecule has 0 saturated heterocycles. The second-order valence-electron chi connectivity index (χ2n) is 6.09. The molecule has 1 aromatic rings. The third-order valence-electron chi connectivity index (χ3n) is 4.12. The van der Waals surface area contributed by atoms with Crippen molar-refractivity contribution in [1.82, 2.24) is 10.0 Å². The largest absolute Gasteiger partial charge is 0.494 e. The van der Waals surface area contributed by atoms with Gasteiger partial charge in [0, 0.05) is 6.04 Å². The molecule has 1 aliphatic carbocycles. The van der Waals surface area contributed by atoms with Crippen molar-refractivity contribution in [3.8, 4) is 5.75 Å². The van der Waals surface area contributed by atoms with Crippen LogP contribution in [0.5, 0.6) is 5.75 Å². The summed E-state index contributed by atoms with van der Waals surface area (Å²) in [5, 5.41) is 2.93. The van der Waals surface area contributed by atoms with Crippen LogP contribution in [-0.4, -0.2) is 33.0 Å².